The molecule has 3 aliphatic rings. The lowest BCUT2D eigenvalue weighted by Gasteiger charge is -2.31. The topological polar surface area (TPSA) is 0 Å². The Morgan fingerprint density at radius 2 is 1.07 bits per heavy atom. The summed E-state index contributed by atoms with van der Waals surface area (Å²) >= 11 is 1.89. The molecule has 0 radical (unpaired) electrons. The molecule has 0 aromatic heterocycles. The fraction of sp³-hybridized carbons (Fsp3) is 0.0222. The Hall–Kier alpha value is -5.37. The second-order valence-electron chi connectivity index (χ2n) is 12.8. The van der Waals surface area contributed by atoms with E-state index in [1.54, 1.807) is 0 Å². The highest BCUT2D eigenvalue weighted by Crippen LogP contribution is 2.64. The SMILES string of the molecule is c1ccc2c(c1)Sc1cccc3cc(-c4ccc5c(c4)C4(c6ccccc6-5)c5ccccc5-c5c4ccc4ccccc54)cc-2c13. The summed E-state index contributed by atoms with van der Waals surface area (Å²) in [5.74, 6) is 0. The van der Waals surface area contributed by atoms with Crippen molar-refractivity contribution >= 4 is 33.3 Å². The number of hydrogen-bond acceptors (Lipinski definition) is 1. The van der Waals surface area contributed by atoms with Gasteiger partial charge in [0.1, 0.15) is 0 Å². The van der Waals surface area contributed by atoms with Gasteiger partial charge in [-0.1, -0.05) is 139 Å². The maximum Gasteiger partial charge on any atom is 0.0725 e. The fourth-order valence-corrected chi connectivity index (χ4v) is 9.99. The monoisotopic (exact) mass is 598 g/mol. The summed E-state index contributed by atoms with van der Waals surface area (Å²) in [6.07, 6.45) is 0. The van der Waals surface area contributed by atoms with Gasteiger partial charge in [-0.05, 0) is 113 Å². The first-order chi connectivity index (χ1) is 22.8. The molecule has 1 spiro atoms. The number of benzene rings is 8. The van der Waals surface area contributed by atoms with Gasteiger partial charge in [-0.15, -0.1) is 0 Å². The summed E-state index contributed by atoms with van der Waals surface area (Å²) in [6, 6.07) is 59.5. The Morgan fingerprint density at radius 1 is 0.370 bits per heavy atom. The van der Waals surface area contributed by atoms with Crippen LogP contribution in [0.1, 0.15) is 22.3 Å². The van der Waals surface area contributed by atoms with Crippen molar-refractivity contribution in [3.05, 3.63) is 180 Å². The van der Waals surface area contributed by atoms with Crippen LogP contribution in [0.5, 0.6) is 0 Å². The van der Waals surface area contributed by atoms with E-state index < -0.39 is 0 Å². The first-order valence-electron chi connectivity index (χ1n) is 16.0. The van der Waals surface area contributed by atoms with E-state index in [0.717, 1.165) is 0 Å². The first-order valence-corrected chi connectivity index (χ1v) is 16.8. The van der Waals surface area contributed by atoms with Crippen LogP contribution in [0.15, 0.2) is 168 Å². The molecular weight excluding hydrogens is 573 g/mol. The lowest BCUT2D eigenvalue weighted by molar-refractivity contribution is 0.795. The second kappa shape index (κ2) is 8.88. The zero-order valence-corrected chi connectivity index (χ0v) is 25.7. The van der Waals surface area contributed by atoms with Crippen LogP contribution < -0.4 is 0 Å². The minimum atomic E-state index is -0.376. The van der Waals surface area contributed by atoms with Crippen LogP contribution in [0.4, 0.5) is 0 Å². The normalized spacial score (nSPS) is 16.3. The van der Waals surface area contributed by atoms with Crippen LogP contribution in [0.2, 0.25) is 0 Å². The Bertz CT molecular complexity index is 2630. The molecule has 46 heavy (non-hydrogen) atoms. The minimum Gasteiger partial charge on any atom is -0.0888 e. The summed E-state index contributed by atoms with van der Waals surface area (Å²) in [5.41, 5.74) is 15.7. The van der Waals surface area contributed by atoms with E-state index in [1.165, 1.54) is 98.1 Å². The van der Waals surface area contributed by atoms with Crippen molar-refractivity contribution in [2.45, 2.75) is 15.2 Å². The second-order valence-corrected chi connectivity index (χ2v) is 13.9. The van der Waals surface area contributed by atoms with Gasteiger partial charge in [-0.25, -0.2) is 0 Å². The van der Waals surface area contributed by atoms with E-state index in [0.29, 0.717) is 0 Å². The highest BCUT2D eigenvalue weighted by molar-refractivity contribution is 7.99. The van der Waals surface area contributed by atoms with Crippen LogP contribution in [-0.4, -0.2) is 0 Å². The third kappa shape index (κ3) is 3.02. The van der Waals surface area contributed by atoms with Crippen molar-refractivity contribution in [3.63, 3.8) is 0 Å². The molecule has 1 unspecified atom stereocenters. The average Bonchev–Trinajstić information content (AvgIpc) is 3.59. The van der Waals surface area contributed by atoms with Crippen LogP contribution in [0.3, 0.4) is 0 Å². The molecule has 8 aromatic carbocycles. The van der Waals surface area contributed by atoms with Gasteiger partial charge in [0.25, 0.3) is 0 Å². The average molecular weight is 599 g/mol. The maximum atomic E-state index is 2.51. The van der Waals surface area contributed by atoms with Gasteiger partial charge in [0, 0.05) is 15.2 Å². The Labute approximate surface area is 272 Å². The summed E-state index contributed by atoms with van der Waals surface area (Å²) in [4.78, 5) is 2.67. The minimum absolute atomic E-state index is 0.376. The molecule has 0 nitrogen and oxygen atoms in total. The zero-order valence-electron chi connectivity index (χ0n) is 24.9. The van der Waals surface area contributed by atoms with E-state index in [2.05, 4.69) is 158 Å². The number of fused-ring (bicyclic) bond motifs is 14. The van der Waals surface area contributed by atoms with E-state index in [-0.39, 0.29) is 5.41 Å². The van der Waals surface area contributed by atoms with Gasteiger partial charge < -0.3 is 0 Å². The number of rotatable bonds is 1. The lowest BCUT2D eigenvalue weighted by atomic mass is 9.70. The molecular formula is C45H26S. The predicted octanol–water partition coefficient (Wildman–Crippen LogP) is 12.1. The fourth-order valence-electron chi connectivity index (χ4n) is 8.84. The standard InChI is InChI=1S/C45H26S/c1-2-12-31-27(10-1)21-23-39-44(31)35-15-4-7-17-38(35)45(39)37-16-6-3-13-32(37)33-22-20-28(26-40(33)45)30-24-29-11-9-19-42-43(29)36(25-30)34-14-5-8-18-41(34)46-42/h1-26H. The van der Waals surface area contributed by atoms with E-state index in [1.807, 2.05) is 11.8 Å². The third-order valence-corrected chi connectivity index (χ3v) is 11.8. The van der Waals surface area contributed by atoms with Crippen molar-refractivity contribution in [3.8, 4) is 44.5 Å². The molecule has 0 saturated heterocycles. The molecule has 1 heterocycles. The summed E-state index contributed by atoms with van der Waals surface area (Å²) in [5, 5.41) is 5.28. The smallest absolute Gasteiger partial charge is 0.0725 e. The Morgan fingerprint density at radius 3 is 1.98 bits per heavy atom. The molecule has 0 saturated carbocycles. The summed E-state index contributed by atoms with van der Waals surface area (Å²) in [6.45, 7) is 0. The van der Waals surface area contributed by atoms with Crippen LogP contribution in [0.25, 0.3) is 66.1 Å². The maximum absolute atomic E-state index is 2.51. The Balaban J connectivity index is 1.23. The van der Waals surface area contributed by atoms with E-state index >= 15 is 0 Å². The van der Waals surface area contributed by atoms with Crippen molar-refractivity contribution in [2.75, 3.05) is 0 Å². The van der Waals surface area contributed by atoms with Crippen LogP contribution in [0, 0.1) is 0 Å². The van der Waals surface area contributed by atoms with Crippen molar-refractivity contribution in [2.24, 2.45) is 0 Å². The number of hydrogen-bond donors (Lipinski definition) is 0. The Kier molecular flexibility index (Phi) is 4.80. The molecule has 0 fully saturated rings. The van der Waals surface area contributed by atoms with Crippen molar-refractivity contribution in [1.82, 2.24) is 0 Å². The highest BCUT2D eigenvalue weighted by Gasteiger charge is 2.52. The van der Waals surface area contributed by atoms with Gasteiger partial charge >= 0.3 is 0 Å². The highest BCUT2D eigenvalue weighted by atomic mass is 32.2. The van der Waals surface area contributed by atoms with Gasteiger partial charge in [-0.2, -0.15) is 0 Å². The van der Waals surface area contributed by atoms with Crippen molar-refractivity contribution in [1.29, 1.82) is 0 Å². The quantitative estimate of drug-likeness (QED) is 0.181. The summed E-state index contributed by atoms with van der Waals surface area (Å²) < 4.78 is 0. The van der Waals surface area contributed by atoms with Gasteiger partial charge in [-0.3, -0.25) is 0 Å². The molecule has 212 valence electrons. The van der Waals surface area contributed by atoms with Gasteiger partial charge in [0.15, 0.2) is 0 Å². The molecule has 0 N–H and O–H groups in total. The predicted molar refractivity (Wildman–Crippen MR) is 193 cm³/mol. The molecule has 1 aliphatic heterocycles. The molecule has 11 rings (SSSR count). The largest absolute Gasteiger partial charge is 0.0888 e. The van der Waals surface area contributed by atoms with Crippen LogP contribution >= 0.6 is 11.8 Å². The zero-order chi connectivity index (χ0) is 30.0. The van der Waals surface area contributed by atoms with Gasteiger partial charge in [0.05, 0.1) is 5.41 Å². The molecule has 8 aromatic rings. The molecule has 1 atom stereocenters. The molecule has 0 amide bonds. The first kappa shape index (κ1) is 24.9. The van der Waals surface area contributed by atoms with Gasteiger partial charge in [0.2, 0.25) is 0 Å². The molecule has 0 bridgehead atoms. The van der Waals surface area contributed by atoms with E-state index in [4.69, 9.17) is 0 Å². The van der Waals surface area contributed by atoms with Crippen LogP contribution in [-0.2, 0) is 5.41 Å². The summed E-state index contributed by atoms with van der Waals surface area (Å²) in [7, 11) is 0. The molecule has 2 aliphatic carbocycles. The third-order valence-electron chi connectivity index (χ3n) is 10.6. The van der Waals surface area contributed by atoms with E-state index in [9.17, 15) is 0 Å². The van der Waals surface area contributed by atoms with Crippen molar-refractivity contribution < 1.29 is 0 Å². The molecule has 1 heteroatoms. The lowest BCUT2D eigenvalue weighted by Crippen LogP contribution is -2.25.